The number of nitrogens with zero attached hydrogens (tertiary/aromatic N) is 2. The van der Waals surface area contributed by atoms with Gasteiger partial charge in [-0.3, -0.25) is 0 Å². The molecule has 5 aromatic carbocycles. The van der Waals surface area contributed by atoms with Gasteiger partial charge in [0.1, 0.15) is 5.52 Å². The molecule has 0 N–H and O–H groups in total. The Hall–Kier alpha value is -4.63. The summed E-state index contributed by atoms with van der Waals surface area (Å²) in [6.45, 7) is 0. The maximum Gasteiger partial charge on any atom is 0.227 e. The second kappa shape index (κ2) is 7.46. The summed E-state index contributed by atoms with van der Waals surface area (Å²) in [5, 5.41) is 2.51. The van der Waals surface area contributed by atoms with Gasteiger partial charge in [0.25, 0.3) is 0 Å². The molecule has 7 aromatic rings. The van der Waals surface area contributed by atoms with Crippen LogP contribution in [-0.4, -0.2) is 9.55 Å². The van der Waals surface area contributed by atoms with E-state index in [1.54, 1.807) is 0 Å². The number of fused-ring (bicyclic) bond motifs is 4. The Bertz CT molecular complexity index is 1760. The minimum absolute atomic E-state index is 0.647. The van der Waals surface area contributed by atoms with Crippen LogP contribution in [0.4, 0.5) is 0 Å². The molecular weight excluding hydrogens is 416 g/mol. The molecule has 0 saturated heterocycles. The lowest BCUT2D eigenvalue weighted by molar-refractivity contribution is 0.620. The van der Waals surface area contributed by atoms with Crippen LogP contribution in [0, 0.1) is 0 Å². The van der Waals surface area contributed by atoms with Crippen molar-refractivity contribution in [3.8, 4) is 28.3 Å². The Labute approximate surface area is 196 Å². The average molecular weight is 437 g/mol. The summed E-state index contributed by atoms with van der Waals surface area (Å²) in [4.78, 5) is 4.62. The third-order valence-electron chi connectivity index (χ3n) is 6.45. The smallest absolute Gasteiger partial charge is 0.227 e. The fraction of sp³-hybridized carbons (Fsp3) is 0. The fourth-order valence-corrected chi connectivity index (χ4v) is 4.81. The zero-order valence-electron chi connectivity index (χ0n) is 18.3. The van der Waals surface area contributed by atoms with E-state index in [1.165, 1.54) is 38.6 Å². The van der Waals surface area contributed by atoms with Gasteiger partial charge in [0.15, 0.2) is 5.58 Å². The van der Waals surface area contributed by atoms with Crippen molar-refractivity contribution in [1.29, 1.82) is 0 Å². The molecule has 0 aliphatic heterocycles. The highest BCUT2D eigenvalue weighted by atomic mass is 16.3. The van der Waals surface area contributed by atoms with Crippen molar-refractivity contribution in [3.63, 3.8) is 0 Å². The molecule has 160 valence electrons. The summed E-state index contributed by atoms with van der Waals surface area (Å²) in [5.41, 5.74) is 8.60. The molecular formula is C31H20N2O. The largest absolute Gasteiger partial charge is 0.436 e. The van der Waals surface area contributed by atoms with E-state index in [0.29, 0.717) is 5.89 Å². The third kappa shape index (κ3) is 2.95. The number of oxazole rings is 1. The molecule has 0 unspecified atom stereocenters. The zero-order chi connectivity index (χ0) is 22.5. The molecule has 7 rings (SSSR count). The molecule has 0 fully saturated rings. The van der Waals surface area contributed by atoms with Crippen LogP contribution in [0.3, 0.4) is 0 Å². The molecule has 0 radical (unpaired) electrons. The van der Waals surface area contributed by atoms with E-state index in [1.807, 2.05) is 24.3 Å². The first-order valence-corrected chi connectivity index (χ1v) is 11.4. The maximum atomic E-state index is 5.94. The van der Waals surface area contributed by atoms with Gasteiger partial charge in [-0.15, -0.1) is 0 Å². The van der Waals surface area contributed by atoms with Crippen LogP contribution < -0.4 is 0 Å². The van der Waals surface area contributed by atoms with Crippen molar-refractivity contribution >= 4 is 32.9 Å². The Morgan fingerprint density at radius 1 is 0.529 bits per heavy atom. The van der Waals surface area contributed by atoms with Crippen molar-refractivity contribution in [2.75, 3.05) is 0 Å². The molecule has 2 aromatic heterocycles. The van der Waals surface area contributed by atoms with Crippen molar-refractivity contribution < 1.29 is 4.42 Å². The van der Waals surface area contributed by atoms with E-state index in [2.05, 4.69) is 107 Å². The molecule has 3 nitrogen and oxygen atoms in total. The normalized spacial score (nSPS) is 11.5. The van der Waals surface area contributed by atoms with Crippen molar-refractivity contribution in [2.45, 2.75) is 0 Å². The molecule has 0 atom stereocenters. The molecule has 0 aliphatic rings. The predicted octanol–water partition coefficient (Wildman–Crippen LogP) is 8.26. The fourth-order valence-electron chi connectivity index (χ4n) is 4.81. The maximum absolute atomic E-state index is 5.94. The molecule has 0 amide bonds. The number of hydrogen-bond acceptors (Lipinski definition) is 2. The molecule has 0 aliphatic carbocycles. The summed E-state index contributed by atoms with van der Waals surface area (Å²) in [5.74, 6) is 0.647. The van der Waals surface area contributed by atoms with Crippen LogP contribution in [-0.2, 0) is 0 Å². The zero-order valence-corrected chi connectivity index (χ0v) is 18.3. The van der Waals surface area contributed by atoms with Crippen LogP contribution in [0.15, 0.2) is 126 Å². The standard InChI is InChI=1S/C31H20N2O/c1-2-8-24(9-3-1)33-28-12-6-4-10-25(28)26-20-23(18-19-29(26)33)21-14-16-22(17-15-21)31-32-27-11-5-7-13-30(27)34-31/h1-20H. The van der Waals surface area contributed by atoms with Gasteiger partial charge in [-0.05, 0) is 65.7 Å². The number of hydrogen-bond donors (Lipinski definition) is 0. The van der Waals surface area contributed by atoms with E-state index in [0.717, 1.165) is 16.7 Å². The number of benzene rings is 5. The van der Waals surface area contributed by atoms with Crippen LogP contribution >= 0.6 is 0 Å². The molecule has 3 heteroatoms. The molecule has 0 bridgehead atoms. The summed E-state index contributed by atoms with van der Waals surface area (Å²) in [7, 11) is 0. The summed E-state index contributed by atoms with van der Waals surface area (Å²) < 4.78 is 8.27. The first-order valence-electron chi connectivity index (χ1n) is 11.4. The molecule has 0 saturated carbocycles. The highest BCUT2D eigenvalue weighted by Gasteiger charge is 2.13. The van der Waals surface area contributed by atoms with Gasteiger partial charge in [-0.1, -0.05) is 66.7 Å². The average Bonchev–Trinajstić information content (AvgIpc) is 3.48. The summed E-state index contributed by atoms with van der Waals surface area (Å²) >= 11 is 0. The van der Waals surface area contributed by atoms with Gasteiger partial charge in [-0.25, -0.2) is 4.98 Å². The lowest BCUT2D eigenvalue weighted by Gasteiger charge is -2.08. The Balaban J connectivity index is 1.34. The topological polar surface area (TPSA) is 31.0 Å². The van der Waals surface area contributed by atoms with Crippen LogP contribution in [0.1, 0.15) is 0 Å². The number of rotatable bonds is 3. The van der Waals surface area contributed by atoms with E-state index in [4.69, 9.17) is 4.42 Å². The predicted molar refractivity (Wildman–Crippen MR) is 139 cm³/mol. The molecule has 0 spiro atoms. The van der Waals surface area contributed by atoms with E-state index in [9.17, 15) is 0 Å². The minimum atomic E-state index is 0.647. The first kappa shape index (κ1) is 18.9. The van der Waals surface area contributed by atoms with Crippen molar-refractivity contribution in [3.05, 3.63) is 121 Å². The van der Waals surface area contributed by atoms with Crippen molar-refractivity contribution in [2.24, 2.45) is 0 Å². The van der Waals surface area contributed by atoms with Crippen molar-refractivity contribution in [1.82, 2.24) is 9.55 Å². The van der Waals surface area contributed by atoms with Crippen LogP contribution in [0.25, 0.3) is 61.2 Å². The lowest BCUT2D eigenvalue weighted by Crippen LogP contribution is -1.92. The first-order chi connectivity index (χ1) is 16.8. The third-order valence-corrected chi connectivity index (χ3v) is 6.45. The lowest BCUT2D eigenvalue weighted by atomic mass is 10.0. The second-order valence-electron chi connectivity index (χ2n) is 8.48. The van der Waals surface area contributed by atoms with E-state index < -0.39 is 0 Å². The highest BCUT2D eigenvalue weighted by Crippen LogP contribution is 2.35. The Morgan fingerprint density at radius 2 is 1.21 bits per heavy atom. The molecule has 2 heterocycles. The van der Waals surface area contributed by atoms with Gasteiger partial charge in [0.05, 0.1) is 11.0 Å². The summed E-state index contributed by atoms with van der Waals surface area (Å²) in [6.07, 6.45) is 0. The Morgan fingerprint density at radius 3 is 2.06 bits per heavy atom. The minimum Gasteiger partial charge on any atom is -0.436 e. The number of para-hydroxylation sites is 4. The van der Waals surface area contributed by atoms with E-state index in [-0.39, 0.29) is 0 Å². The monoisotopic (exact) mass is 436 g/mol. The highest BCUT2D eigenvalue weighted by molar-refractivity contribution is 6.10. The van der Waals surface area contributed by atoms with Crippen LogP contribution in [0.5, 0.6) is 0 Å². The van der Waals surface area contributed by atoms with Crippen LogP contribution in [0.2, 0.25) is 0 Å². The summed E-state index contributed by atoms with van der Waals surface area (Å²) in [6, 6.07) is 42.2. The second-order valence-corrected chi connectivity index (χ2v) is 8.48. The SMILES string of the molecule is c1ccc(-n2c3ccccc3c3cc(-c4ccc(-c5nc6ccccc6o5)cc4)ccc32)cc1. The Kier molecular flexibility index (Phi) is 4.15. The van der Waals surface area contributed by atoms with Gasteiger partial charge in [0, 0.05) is 22.0 Å². The quantitative estimate of drug-likeness (QED) is 0.279. The van der Waals surface area contributed by atoms with Gasteiger partial charge in [0.2, 0.25) is 5.89 Å². The van der Waals surface area contributed by atoms with Gasteiger partial charge in [-0.2, -0.15) is 0 Å². The van der Waals surface area contributed by atoms with E-state index >= 15 is 0 Å². The molecule has 34 heavy (non-hydrogen) atoms. The number of aromatic nitrogens is 2. The van der Waals surface area contributed by atoms with Gasteiger partial charge >= 0.3 is 0 Å². The van der Waals surface area contributed by atoms with Gasteiger partial charge < -0.3 is 8.98 Å².